The van der Waals surface area contributed by atoms with Crippen molar-refractivity contribution in [2.75, 3.05) is 11.1 Å². The number of carbonyl (C=O) groups is 1. The number of hydrogen-bond donors (Lipinski definition) is 1. The summed E-state index contributed by atoms with van der Waals surface area (Å²) < 4.78 is 38.4. The van der Waals surface area contributed by atoms with Gasteiger partial charge in [0.05, 0.1) is 5.56 Å². The third-order valence-corrected chi connectivity index (χ3v) is 7.61. The summed E-state index contributed by atoms with van der Waals surface area (Å²) in [5.41, 5.74) is 0.602. The van der Waals surface area contributed by atoms with Gasteiger partial charge in [0.25, 0.3) is 0 Å². The van der Waals surface area contributed by atoms with Gasteiger partial charge in [0.2, 0.25) is 5.91 Å². The predicted octanol–water partition coefficient (Wildman–Crippen LogP) is 5.75. The van der Waals surface area contributed by atoms with Crippen LogP contribution in [0.25, 0.3) is 0 Å². The number of carbonyl (C=O) groups excluding carboxylic acids is 1. The molecule has 4 nitrogen and oxygen atoms in total. The van der Waals surface area contributed by atoms with Gasteiger partial charge in [0.1, 0.15) is 16.4 Å². The molecule has 1 aromatic heterocycles. The molecule has 2 aliphatic rings. The molecular formula is C20H20F3N3OS2. The quantitative estimate of drug-likeness (QED) is 0.475. The number of nitrogens with zero attached hydrogens (tertiary/aromatic N) is 2. The fourth-order valence-electron chi connectivity index (χ4n) is 3.84. The van der Waals surface area contributed by atoms with Gasteiger partial charge in [-0.3, -0.25) is 4.79 Å². The van der Waals surface area contributed by atoms with Crippen molar-refractivity contribution < 1.29 is 18.0 Å². The second-order valence-electron chi connectivity index (χ2n) is 7.17. The van der Waals surface area contributed by atoms with Gasteiger partial charge in [-0.1, -0.05) is 18.9 Å². The van der Waals surface area contributed by atoms with Gasteiger partial charge in [0, 0.05) is 34.6 Å². The van der Waals surface area contributed by atoms with Crippen LogP contribution in [0.1, 0.15) is 49.1 Å². The number of nitrogens with one attached hydrogen (secondary N) is 1. The van der Waals surface area contributed by atoms with Crippen molar-refractivity contribution in [2.24, 2.45) is 0 Å². The number of aromatic nitrogens is 2. The average Bonchev–Trinajstić information content (AvgIpc) is 3.07. The predicted molar refractivity (Wildman–Crippen MR) is 108 cm³/mol. The summed E-state index contributed by atoms with van der Waals surface area (Å²) in [5.74, 6) is 0.690. The molecule has 2 heterocycles. The van der Waals surface area contributed by atoms with E-state index in [0.717, 1.165) is 28.6 Å². The summed E-state index contributed by atoms with van der Waals surface area (Å²) in [6.07, 6.45) is 2.18. The topological polar surface area (TPSA) is 54.9 Å². The second-order valence-corrected chi connectivity index (χ2v) is 9.48. The molecule has 1 aromatic carbocycles. The molecule has 1 N–H and O–H groups in total. The third kappa shape index (κ3) is 4.71. The van der Waals surface area contributed by atoms with Crippen LogP contribution in [0.2, 0.25) is 0 Å². The second kappa shape index (κ2) is 8.55. The molecule has 0 spiro atoms. The summed E-state index contributed by atoms with van der Waals surface area (Å²) in [6.45, 7) is 0. The van der Waals surface area contributed by atoms with E-state index in [9.17, 15) is 18.0 Å². The Bertz CT molecular complexity index is 907. The van der Waals surface area contributed by atoms with E-state index in [-0.39, 0.29) is 18.0 Å². The molecule has 4 rings (SSSR count). The van der Waals surface area contributed by atoms with Crippen molar-refractivity contribution >= 4 is 35.1 Å². The van der Waals surface area contributed by atoms with Crippen LogP contribution in [0.4, 0.5) is 18.9 Å². The third-order valence-electron chi connectivity index (χ3n) is 5.19. The highest BCUT2D eigenvalue weighted by Crippen LogP contribution is 2.53. The molecule has 0 saturated heterocycles. The number of benzene rings is 1. The number of thioether (sulfide) groups is 2. The largest absolute Gasteiger partial charge is 0.416 e. The van der Waals surface area contributed by atoms with Gasteiger partial charge in [0.15, 0.2) is 0 Å². The minimum Gasteiger partial charge on any atom is -0.326 e. The van der Waals surface area contributed by atoms with E-state index in [1.807, 2.05) is 11.8 Å². The van der Waals surface area contributed by atoms with E-state index < -0.39 is 11.7 Å². The van der Waals surface area contributed by atoms with Crippen molar-refractivity contribution in [1.82, 2.24) is 9.97 Å². The van der Waals surface area contributed by atoms with E-state index in [0.29, 0.717) is 16.9 Å². The molecule has 1 saturated carbocycles. The van der Waals surface area contributed by atoms with Crippen LogP contribution >= 0.6 is 23.5 Å². The van der Waals surface area contributed by atoms with Crippen LogP contribution in [0.3, 0.4) is 0 Å². The van der Waals surface area contributed by atoms with Crippen molar-refractivity contribution in [1.29, 1.82) is 0 Å². The number of alkyl halides is 3. The molecule has 2 unspecified atom stereocenters. The fourth-order valence-corrected chi connectivity index (χ4v) is 6.40. The number of halogens is 3. The Balaban J connectivity index is 1.35. The normalized spacial score (nSPS) is 20.8. The Labute approximate surface area is 175 Å². The standard InChI is InChI=1S/C20H20F3N3OS2/c21-20(22,23)12-4-3-5-13(10-12)26-16(27)8-9-28-18-17-14-6-1-2-7-15(14)29-19(17)25-11-24-18/h3-5,10-11,14-15H,1-2,6-9H2,(H,26,27). The van der Waals surface area contributed by atoms with Gasteiger partial charge < -0.3 is 5.32 Å². The van der Waals surface area contributed by atoms with E-state index in [4.69, 9.17) is 0 Å². The SMILES string of the molecule is O=C(CCSc1ncnc2c1C1CCCCC1S2)Nc1cccc(C(F)(F)F)c1. The van der Waals surface area contributed by atoms with Crippen LogP contribution in [0, 0.1) is 0 Å². The molecule has 154 valence electrons. The summed E-state index contributed by atoms with van der Waals surface area (Å²) >= 11 is 3.37. The Morgan fingerprint density at radius 3 is 2.90 bits per heavy atom. The van der Waals surface area contributed by atoms with E-state index >= 15 is 0 Å². The van der Waals surface area contributed by atoms with Gasteiger partial charge in [-0.15, -0.1) is 23.5 Å². The number of anilines is 1. The molecule has 1 aliphatic carbocycles. The number of fused-ring (bicyclic) bond motifs is 3. The number of hydrogen-bond acceptors (Lipinski definition) is 5. The van der Waals surface area contributed by atoms with Gasteiger partial charge >= 0.3 is 6.18 Å². The van der Waals surface area contributed by atoms with Crippen molar-refractivity contribution in [2.45, 2.75) is 59.5 Å². The summed E-state index contributed by atoms with van der Waals surface area (Å²) in [6, 6.07) is 4.67. The molecule has 2 aromatic rings. The summed E-state index contributed by atoms with van der Waals surface area (Å²) in [7, 11) is 0. The molecule has 0 bridgehead atoms. The lowest BCUT2D eigenvalue weighted by molar-refractivity contribution is -0.137. The Morgan fingerprint density at radius 1 is 1.24 bits per heavy atom. The van der Waals surface area contributed by atoms with Crippen LogP contribution < -0.4 is 5.32 Å². The highest BCUT2D eigenvalue weighted by molar-refractivity contribution is 8.00. The average molecular weight is 440 g/mol. The first-order valence-electron chi connectivity index (χ1n) is 9.53. The lowest BCUT2D eigenvalue weighted by Gasteiger charge is -2.24. The molecule has 1 fully saturated rings. The molecule has 2 atom stereocenters. The zero-order chi connectivity index (χ0) is 20.4. The molecule has 1 aliphatic heterocycles. The first-order valence-corrected chi connectivity index (χ1v) is 11.4. The molecule has 29 heavy (non-hydrogen) atoms. The minimum absolute atomic E-state index is 0.152. The van der Waals surface area contributed by atoms with Crippen LogP contribution in [-0.2, 0) is 11.0 Å². The first kappa shape index (κ1) is 20.5. The Kier molecular flexibility index (Phi) is 6.06. The highest BCUT2D eigenvalue weighted by Gasteiger charge is 2.38. The Morgan fingerprint density at radius 2 is 2.07 bits per heavy atom. The lowest BCUT2D eigenvalue weighted by Crippen LogP contribution is -2.16. The maximum Gasteiger partial charge on any atom is 0.416 e. The van der Waals surface area contributed by atoms with Gasteiger partial charge in [-0.05, 0) is 31.0 Å². The van der Waals surface area contributed by atoms with E-state index in [1.54, 1.807) is 6.33 Å². The molecule has 1 amide bonds. The first-order chi connectivity index (χ1) is 13.9. The number of amides is 1. The van der Waals surface area contributed by atoms with Gasteiger partial charge in [-0.25, -0.2) is 9.97 Å². The highest BCUT2D eigenvalue weighted by atomic mass is 32.2. The van der Waals surface area contributed by atoms with Gasteiger partial charge in [-0.2, -0.15) is 13.2 Å². The van der Waals surface area contributed by atoms with Crippen molar-refractivity contribution in [3.05, 3.63) is 41.7 Å². The lowest BCUT2D eigenvalue weighted by atomic mass is 9.85. The van der Waals surface area contributed by atoms with E-state index in [1.165, 1.54) is 48.7 Å². The minimum atomic E-state index is -4.43. The van der Waals surface area contributed by atoms with Crippen molar-refractivity contribution in [3.8, 4) is 0 Å². The summed E-state index contributed by atoms with van der Waals surface area (Å²) in [5, 5.41) is 5.13. The Hall–Kier alpha value is -1.74. The maximum atomic E-state index is 12.8. The smallest absolute Gasteiger partial charge is 0.326 e. The molecular weight excluding hydrogens is 419 g/mol. The monoisotopic (exact) mass is 439 g/mol. The molecule has 9 heteroatoms. The van der Waals surface area contributed by atoms with Crippen LogP contribution in [0.5, 0.6) is 0 Å². The zero-order valence-corrected chi connectivity index (χ0v) is 17.2. The van der Waals surface area contributed by atoms with Crippen LogP contribution in [-0.4, -0.2) is 26.9 Å². The van der Waals surface area contributed by atoms with Crippen molar-refractivity contribution in [3.63, 3.8) is 0 Å². The van der Waals surface area contributed by atoms with Crippen LogP contribution in [0.15, 0.2) is 40.6 Å². The maximum absolute atomic E-state index is 12.8. The van der Waals surface area contributed by atoms with E-state index in [2.05, 4.69) is 15.3 Å². The molecule has 0 radical (unpaired) electrons. The zero-order valence-electron chi connectivity index (χ0n) is 15.5. The fraction of sp³-hybridized carbons (Fsp3) is 0.450. The number of rotatable bonds is 5. The summed E-state index contributed by atoms with van der Waals surface area (Å²) in [4.78, 5) is 21.1.